The smallest absolute Gasteiger partial charge is 0.255 e. The summed E-state index contributed by atoms with van der Waals surface area (Å²) in [5, 5.41) is 65.0. The van der Waals surface area contributed by atoms with Crippen molar-refractivity contribution >= 4 is 58.0 Å². The minimum atomic E-state index is -3.00. The molecular formula is C55H67N3O9P+. The molecule has 13 heteroatoms. The number of carbonyl (C=O) groups is 4. The predicted octanol–water partition coefficient (Wildman–Crippen LogP) is 7.50. The Balaban J connectivity index is 0.853. The number of rotatable bonds is 21. The molecule has 3 aliphatic rings. The average molecular weight is 945 g/mol. The van der Waals surface area contributed by atoms with E-state index in [1.54, 1.807) is 13.0 Å². The standard InChI is InChI=1S/C55H66N3O9P/c1-35-39-32-33-40(48(60)43(39)49(61)44-42(35)50(62)46-47(58(2)3)51(63)45(54(56)66)53(65)55(46,67)52(44)64)57-41(59)31-23-12-10-8-6-4-5-7-9-11-13-24-34-68(36-25-17-14-18-26-36,37-27-19-15-20-28-37)38-29-21-16-22-30-38/h14-22,25-30,32-33,35,42,46-47,50,62,67H,4-13,23-24,31,34H2,1-3H3,(H5-,56,57,59,60,61,63,64,65,66)/p+1/t35-,42+,46+,47-,50-,55-/m0/s1. The molecule has 3 aliphatic carbocycles. The molecule has 4 aromatic carbocycles. The van der Waals surface area contributed by atoms with Crippen LogP contribution in [0.3, 0.4) is 0 Å². The summed E-state index contributed by atoms with van der Waals surface area (Å²) in [4.78, 5) is 54.4. The molecule has 0 heterocycles. The summed E-state index contributed by atoms with van der Waals surface area (Å²) >= 11 is 0. The Kier molecular flexibility index (Phi) is 16.1. The van der Waals surface area contributed by atoms with Gasteiger partial charge in [-0.2, -0.15) is 0 Å². The summed E-state index contributed by atoms with van der Waals surface area (Å²) in [6.07, 6.45) is 13.0. The zero-order chi connectivity index (χ0) is 48.8. The van der Waals surface area contributed by atoms with Crippen molar-refractivity contribution in [3.63, 3.8) is 0 Å². The number of benzene rings is 4. The number of carbonyl (C=O) groups excluding carboxylic acids is 4. The molecule has 8 N–H and O–H groups in total. The van der Waals surface area contributed by atoms with Gasteiger partial charge in [-0.05, 0) is 87.3 Å². The lowest BCUT2D eigenvalue weighted by Gasteiger charge is -2.53. The van der Waals surface area contributed by atoms with E-state index in [-0.39, 0.29) is 23.6 Å². The highest BCUT2D eigenvalue weighted by atomic mass is 31.2. The number of aliphatic hydroxyl groups is 4. The quantitative estimate of drug-likeness (QED) is 0.0189. The molecule has 0 bridgehead atoms. The Morgan fingerprint density at radius 3 is 1.65 bits per heavy atom. The summed E-state index contributed by atoms with van der Waals surface area (Å²) < 4.78 is 0. The van der Waals surface area contributed by atoms with Crippen molar-refractivity contribution < 1.29 is 44.7 Å². The number of likely N-dealkylation sites (N-methyl/N-ethyl adjacent to an activating group) is 1. The molecular weight excluding hydrogens is 878 g/mol. The van der Waals surface area contributed by atoms with E-state index in [4.69, 9.17) is 5.73 Å². The van der Waals surface area contributed by atoms with Gasteiger partial charge in [-0.25, -0.2) is 0 Å². The zero-order valence-corrected chi connectivity index (χ0v) is 40.3. The molecule has 0 saturated heterocycles. The molecule has 0 aromatic heterocycles. The highest BCUT2D eigenvalue weighted by molar-refractivity contribution is 7.95. The van der Waals surface area contributed by atoms with Crippen molar-refractivity contribution in [2.45, 2.75) is 114 Å². The van der Waals surface area contributed by atoms with Gasteiger partial charge in [0.25, 0.3) is 5.91 Å². The maximum Gasteiger partial charge on any atom is 0.255 e. The first-order valence-electron chi connectivity index (χ1n) is 24.2. The van der Waals surface area contributed by atoms with Crippen molar-refractivity contribution in [3.05, 3.63) is 131 Å². The molecule has 4 aromatic rings. The number of aliphatic hydroxyl groups excluding tert-OH is 3. The third-order valence-electron chi connectivity index (χ3n) is 14.6. The SMILES string of the molecule is C[C@H]1c2ccc(NC(=O)CCCCCCCCCCCCCC[P+](c3ccccc3)(c3ccccc3)c3ccccc3)c(O)c2C(O)=C2C(=O)[C@]3(O)C(O)=C(C(N)=O)C(=O)[C@@H](N(C)C)[C@@H]3[C@@H](O)[C@@H]21. The number of ketones is 2. The third-order valence-corrected chi connectivity index (χ3v) is 19.2. The number of hydrogen-bond acceptors (Lipinski definition) is 10. The van der Waals surface area contributed by atoms with Crippen LogP contribution in [-0.2, 0) is 19.2 Å². The minimum absolute atomic E-state index is 0.00258. The fourth-order valence-electron chi connectivity index (χ4n) is 11.2. The Labute approximate surface area is 400 Å². The molecule has 12 nitrogen and oxygen atoms in total. The van der Waals surface area contributed by atoms with E-state index in [0.717, 1.165) is 31.8 Å². The number of fused-ring (bicyclic) bond motifs is 3. The number of Topliss-reactive ketones (excluding diaryl/α,β-unsaturated/α-hetero) is 2. The molecule has 6 atom stereocenters. The normalized spacial score (nSPS) is 22.5. The van der Waals surface area contributed by atoms with Crippen LogP contribution >= 0.6 is 7.26 Å². The third kappa shape index (κ3) is 9.53. The van der Waals surface area contributed by atoms with Gasteiger partial charge in [0.05, 0.1) is 35.5 Å². The maximum absolute atomic E-state index is 14.3. The van der Waals surface area contributed by atoms with Crippen LogP contribution in [-0.4, -0.2) is 91.8 Å². The lowest BCUT2D eigenvalue weighted by Crippen LogP contribution is -2.70. The van der Waals surface area contributed by atoms with Crippen LogP contribution in [0.25, 0.3) is 5.76 Å². The second kappa shape index (κ2) is 21.8. The Morgan fingerprint density at radius 1 is 0.706 bits per heavy atom. The van der Waals surface area contributed by atoms with E-state index in [9.17, 15) is 44.7 Å². The number of nitrogens with zero attached hydrogens (tertiary/aromatic N) is 1. The monoisotopic (exact) mass is 944 g/mol. The summed E-state index contributed by atoms with van der Waals surface area (Å²) in [5.74, 6) is -10.0. The number of anilines is 1. The maximum atomic E-state index is 14.3. The largest absolute Gasteiger partial charge is 0.508 e. The second-order valence-corrected chi connectivity index (χ2v) is 22.7. The van der Waals surface area contributed by atoms with Crippen molar-refractivity contribution in [1.82, 2.24) is 4.90 Å². The van der Waals surface area contributed by atoms with Gasteiger partial charge in [-0.1, -0.05) is 125 Å². The number of unbranched alkanes of at least 4 members (excludes halogenated alkanes) is 11. The Bertz CT molecular complexity index is 2430. The Hall–Kier alpha value is -5.65. The zero-order valence-electron chi connectivity index (χ0n) is 39.4. The van der Waals surface area contributed by atoms with Gasteiger partial charge in [0, 0.05) is 17.9 Å². The molecule has 0 radical (unpaired) electrons. The first-order chi connectivity index (χ1) is 32.7. The van der Waals surface area contributed by atoms with Crippen LogP contribution in [0.2, 0.25) is 0 Å². The summed E-state index contributed by atoms with van der Waals surface area (Å²) in [6.45, 7) is 1.66. The summed E-state index contributed by atoms with van der Waals surface area (Å²) in [7, 11) is 1.14. The molecule has 0 spiro atoms. The van der Waals surface area contributed by atoms with Gasteiger partial charge in [-0.15, -0.1) is 0 Å². The summed E-state index contributed by atoms with van der Waals surface area (Å²) in [6, 6.07) is 34.9. The van der Waals surface area contributed by atoms with Gasteiger partial charge in [0.15, 0.2) is 11.4 Å². The van der Waals surface area contributed by atoms with E-state index in [2.05, 4.69) is 96.3 Å². The van der Waals surface area contributed by atoms with Crippen LogP contribution in [0.15, 0.2) is 120 Å². The van der Waals surface area contributed by atoms with Gasteiger partial charge >= 0.3 is 0 Å². The highest BCUT2D eigenvalue weighted by Crippen LogP contribution is 2.58. The second-order valence-electron chi connectivity index (χ2n) is 19.1. The molecule has 1 fully saturated rings. The number of phenols is 1. The Morgan fingerprint density at radius 2 is 1.18 bits per heavy atom. The fraction of sp³-hybridized carbons (Fsp3) is 0.418. The molecule has 1 saturated carbocycles. The predicted molar refractivity (Wildman–Crippen MR) is 269 cm³/mol. The van der Waals surface area contributed by atoms with E-state index in [1.165, 1.54) is 85.9 Å². The van der Waals surface area contributed by atoms with Crippen LogP contribution in [0.1, 0.15) is 107 Å². The van der Waals surface area contributed by atoms with E-state index >= 15 is 0 Å². The number of amides is 2. The number of phenolic OH excluding ortho intramolecular Hbond substituents is 1. The van der Waals surface area contributed by atoms with Gasteiger partial charge in [0.1, 0.15) is 46.0 Å². The highest BCUT2D eigenvalue weighted by Gasteiger charge is 2.68. The van der Waals surface area contributed by atoms with Crippen LogP contribution in [0, 0.1) is 11.8 Å². The first kappa shape index (κ1) is 50.2. The van der Waals surface area contributed by atoms with Gasteiger partial charge < -0.3 is 36.6 Å². The molecule has 2 amide bonds. The topological polar surface area (TPSA) is 211 Å². The minimum Gasteiger partial charge on any atom is -0.508 e. The summed E-state index contributed by atoms with van der Waals surface area (Å²) in [5.41, 5.74) is 1.13. The van der Waals surface area contributed by atoms with Crippen molar-refractivity contribution in [1.29, 1.82) is 0 Å². The first-order valence-corrected chi connectivity index (χ1v) is 26.2. The number of primary amides is 1. The van der Waals surface area contributed by atoms with Crippen molar-refractivity contribution in [2.24, 2.45) is 17.6 Å². The molecule has 0 unspecified atom stereocenters. The van der Waals surface area contributed by atoms with E-state index in [0.29, 0.717) is 12.0 Å². The lowest BCUT2D eigenvalue weighted by atomic mass is 9.54. The number of aromatic hydroxyl groups is 1. The molecule has 360 valence electrons. The van der Waals surface area contributed by atoms with Gasteiger partial charge in [0.2, 0.25) is 11.7 Å². The van der Waals surface area contributed by atoms with E-state index < -0.39 is 88.7 Å². The van der Waals surface area contributed by atoms with Crippen LogP contribution in [0.5, 0.6) is 5.75 Å². The van der Waals surface area contributed by atoms with Gasteiger partial charge in [-0.3, -0.25) is 24.1 Å². The van der Waals surface area contributed by atoms with Crippen molar-refractivity contribution in [3.8, 4) is 5.75 Å². The average Bonchev–Trinajstić information content (AvgIpc) is 3.33. The number of nitrogens with two attached hydrogens (primary N) is 1. The van der Waals surface area contributed by atoms with Crippen LogP contribution in [0.4, 0.5) is 5.69 Å². The van der Waals surface area contributed by atoms with Crippen LogP contribution < -0.4 is 27.0 Å². The molecule has 7 rings (SSSR count). The fourth-order valence-corrected chi connectivity index (χ4v) is 15.6. The lowest BCUT2D eigenvalue weighted by molar-refractivity contribution is -0.169. The van der Waals surface area contributed by atoms with E-state index in [1.807, 2.05) is 0 Å². The van der Waals surface area contributed by atoms with Crippen molar-refractivity contribution in [2.75, 3.05) is 25.6 Å². The number of nitrogens with one attached hydrogen (secondary N) is 1. The molecule has 0 aliphatic heterocycles. The number of hydrogen-bond donors (Lipinski definition) is 7. The molecule has 68 heavy (non-hydrogen) atoms.